The first-order valence-electron chi connectivity index (χ1n) is 12.2. The van der Waals surface area contributed by atoms with E-state index in [2.05, 4.69) is 20.6 Å². The number of unbranched alkanes of at least 4 members (excludes halogenated alkanes) is 5. The van der Waals surface area contributed by atoms with Crippen LogP contribution in [0.3, 0.4) is 0 Å². The molecule has 7 heteroatoms. The lowest BCUT2D eigenvalue weighted by atomic mass is 10.0. The number of nitrogens with zero attached hydrogens (tertiary/aromatic N) is 4. The minimum Gasteiger partial charge on any atom is -0.449 e. The Labute approximate surface area is 206 Å². The molecule has 0 radical (unpaired) electrons. The molecule has 7 nitrogen and oxygen atoms in total. The lowest BCUT2D eigenvalue weighted by Gasteiger charge is -2.11. The molecule has 0 aliphatic heterocycles. The molecule has 0 aliphatic rings. The van der Waals surface area contributed by atoms with Crippen LogP contribution < -0.4 is 5.32 Å². The van der Waals surface area contributed by atoms with E-state index in [0.717, 1.165) is 73.1 Å². The highest BCUT2D eigenvalue weighted by molar-refractivity contribution is 5.91. The Morgan fingerprint density at radius 1 is 0.829 bits per heavy atom. The summed E-state index contributed by atoms with van der Waals surface area (Å²) in [5, 5.41) is 11.3. The average Bonchev–Trinajstić information content (AvgIpc) is 3.38. The lowest BCUT2D eigenvalue weighted by molar-refractivity contribution is 0.159. The van der Waals surface area contributed by atoms with E-state index in [0.29, 0.717) is 6.61 Å². The summed E-state index contributed by atoms with van der Waals surface area (Å²) in [4.78, 5) is 16.4. The second kappa shape index (κ2) is 13.0. The number of benzene rings is 2. The van der Waals surface area contributed by atoms with Crippen LogP contribution in [0.5, 0.6) is 0 Å². The Bertz CT molecular complexity index is 1180. The van der Waals surface area contributed by atoms with Gasteiger partial charge in [0, 0.05) is 30.1 Å². The third-order valence-electron chi connectivity index (χ3n) is 5.76. The number of para-hydroxylation sites is 1. The van der Waals surface area contributed by atoms with Crippen molar-refractivity contribution in [1.29, 1.82) is 0 Å². The van der Waals surface area contributed by atoms with Crippen LogP contribution in [0.1, 0.15) is 38.5 Å². The van der Waals surface area contributed by atoms with E-state index in [1.165, 1.54) is 0 Å². The largest absolute Gasteiger partial charge is 0.449 e. The summed E-state index contributed by atoms with van der Waals surface area (Å²) >= 11 is 0. The summed E-state index contributed by atoms with van der Waals surface area (Å²) in [5.41, 5.74) is 4.62. The normalized spacial score (nSPS) is 10.7. The molecule has 0 aliphatic carbocycles. The van der Waals surface area contributed by atoms with Crippen molar-refractivity contribution in [1.82, 2.24) is 20.0 Å². The van der Waals surface area contributed by atoms with Crippen LogP contribution >= 0.6 is 0 Å². The maximum atomic E-state index is 12.2. The van der Waals surface area contributed by atoms with Gasteiger partial charge in [-0.2, -0.15) is 0 Å². The molecule has 2 aromatic carbocycles. The number of rotatable bonds is 12. The number of anilines is 1. The van der Waals surface area contributed by atoms with Gasteiger partial charge in [-0.15, -0.1) is 5.10 Å². The molecular weight excluding hydrogens is 438 g/mol. The van der Waals surface area contributed by atoms with E-state index < -0.39 is 6.09 Å². The second-order valence-corrected chi connectivity index (χ2v) is 8.40. The van der Waals surface area contributed by atoms with Gasteiger partial charge in [-0.3, -0.25) is 15.0 Å². The molecule has 0 fully saturated rings. The van der Waals surface area contributed by atoms with E-state index >= 15 is 0 Å². The van der Waals surface area contributed by atoms with Crippen LogP contribution in [0, 0.1) is 0 Å². The van der Waals surface area contributed by atoms with Crippen LogP contribution in [-0.4, -0.2) is 32.7 Å². The molecule has 1 N–H and O–H groups in total. The fraction of sp³-hybridized carbons (Fsp3) is 0.286. The fourth-order valence-electron chi connectivity index (χ4n) is 3.91. The number of aryl methyl sites for hydroxylation is 1. The summed E-state index contributed by atoms with van der Waals surface area (Å²) in [6.45, 7) is 1.29. The standard InChI is InChI=1S/C28H31N5O2/c34-28(30-26-17-9-8-16-25(26)23-13-6-5-7-14-23)35-20-11-4-2-1-3-10-19-33-22-27(31-32-33)24-15-12-18-29-21-24/h5-9,12-18,21-22H,1-4,10-11,19-20H2,(H,30,34). The van der Waals surface area contributed by atoms with Crippen LogP contribution in [-0.2, 0) is 11.3 Å². The summed E-state index contributed by atoms with van der Waals surface area (Å²) in [6, 6.07) is 21.6. The van der Waals surface area contributed by atoms with E-state index in [1.54, 1.807) is 12.4 Å². The number of amides is 1. The molecule has 2 heterocycles. The molecule has 4 rings (SSSR count). The topological polar surface area (TPSA) is 81.9 Å². The summed E-state index contributed by atoms with van der Waals surface area (Å²) in [7, 11) is 0. The van der Waals surface area contributed by atoms with Crippen LogP contribution in [0.4, 0.5) is 10.5 Å². The van der Waals surface area contributed by atoms with Gasteiger partial charge in [0.25, 0.3) is 0 Å². The highest BCUT2D eigenvalue weighted by Crippen LogP contribution is 2.27. The Kier molecular flexibility index (Phi) is 8.99. The van der Waals surface area contributed by atoms with Crippen molar-refractivity contribution in [2.45, 2.75) is 45.1 Å². The van der Waals surface area contributed by atoms with Crippen molar-refractivity contribution in [3.8, 4) is 22.4 Å². The Morgan fingerprint density at radius 2 is 1.57 bits per heavy atom. The van der Waals surface area contributed by atoms with Gasteiger partial charge in [0.15, 0.2) is 0 Å². The van der Waals surface area contributed by atoms with E-state index in [-0.39, 0.29) is 0 Å². The summed E-state index contributed by atoms with van der Waals surface area (Å²) < 4.78 is 7.28. The van der Waals surface area contributed by atoms with Gasteiger partial charge in [0.05, 0.1) is 18.5 Å². The fourth-order valence-corrected chi connectivity index (χ4v) is 3.91. The van der Waals surface area contributed by atoms with Crippen LogP contribution in [0.25, 0.3) is 22.4 Å². The van der Waals surface area contributed by atoms with E-state index in [1.807, 2.05) is 77.6 Å². The van der Waals surface area contributed by atoms with E-state index in [9.17, 15) is 4.79 Å². The summed E-state index contributed by atoms with van der Waals surface area (Å²) in [5.74, 6) is 0. The van der Waals surface area contributed by atoms with Gasteiger partial charge in [-0.25, -0.2) is 4.79 Å². The third kappa shape index (κ3) is 7.50. The number of nitrogens with one attached hydrogen (secondary N) is 1. The predicted molar refractivity (Wildman–Crippen MR) is 138 cm³/mol. The maximum absolute atomic E-state index is 12.2. The van der Waals surface area contributed by atoms with E-state index in [4.69, 9.17) is 4.74 Å². The van der Waals surface area contributed by atoms with Gasteiger partial charge in [-0.1, -0.05) is 79.4 Å². The first-order valence-corrected chi connectivity index (χ1v) is 12.2. The molecule has 180 valence electrons. The van der Waals surface area contributed by atoms with Crippen molar-refractivity contribution >= 4 is 11.8 Å². The number of carbonyl (C=O) groups is 1. The quantitative estimate of drug-likeness (QED) is 0.237. The minimum atomic E-state index is -0.410. The molecule has 4 aromatic rings. The Morgan fingerprint density at radius 3 is 2.40 bits per heavy atom. The molecule has 0 unspecified atom stereocenters. The maximum Gasteiger partial charge on any atom is 0.411 e. The van der Waals surface area contributed by atoms with Crippen molar-refractivity contribution in [3.63, 3.8) is 0 Å². The zero-order valence-electron chi connectivity index (χ0n) is 19.8. The Hall–Kier alpha value is -4.00. The molecule has 0 bridgehead atoms. The molecule has 0 saturated carbocycles. The smallest absolute Gasteiger partial charge is 0.411 e. The lowest BCUT2D eigenvalue weighted by Crippen LogP contribution is -2.15. The Balaban J connectivity index is 1.07. The van der Waals surface area contributed by atoms with Crippen molar-refractivity contribution in [3.05, 3.63) is 85.3 Å². The number of aromatic nitrogens is 4. The molecular formula is C28H31N5O2. The first-order chi connectivity index (χ1) is 17.3. The highest BCUT2D eigenvalue weighted by atomic mass is 16.5. The SMILES string of the molecule is O=C(Nc1ccccc1-c1ccccc1)OCCCCCCCCn1cc(-c2cccnc2)nn1. The number of hydrogen-bond acceptors (Lipinski definition) is 5. The minimum absolute atomic E-state index is 0.410. The average molecular weight is 470 g/mol. The molecule has 2 aromatic heterocycles. The number of pyridine rings is 1. The summed E-state index contributed by atoms with van der Waals surface area (Å²) in [6.07, 6.45) is 11.5. The number of carbonyl (C=O) groups excluding carboxylic acids is 1. The monoisotopic (exact) mass is 469 g/mol. The van der Waals surface area contributed by atoms with Gasteiger partial charge < -0.3 is 4.74 Å². The van der Waals surface area contributed by atoms with Crippen LogP contribution in [0.2, 0.25) is 0 Å². The number of ether oxygens (including phenoxy) is 1. The molecule has 0 atom stereocenters. The molecule has 0 saturated heterocycles. The zero-order valence-corrected chi connectivity index (χ0v) is 19.8. The molecule has 1 amide bonds. The molecule has 35 heavy (non-hydrogen) atoms. The third-order valence-corrected chi connectivity index (χ3v) is 5.76. The second-order valence-electron chi connectivity index (χ2n) is 8.40. The van der Waals surface area contributed by atoms with Gasteiger partial charge in [0.2, 0.25) is 0 Å². The predicted octanol–water partition coefficient (Wildman–Crippen LogP) is 6.60. The van der Waals surface area contributed by atoms with Crippen molar-refractivity contribution < 1.29 is 9.53 Å². The van der Waals surface area contributed by atoms with Gasteiger partial charge >= 0.3 is 6.09 Å². The molecule has 0 spiro atoms. The van der Waals surface area contributed by atoms with Gasteiger partial charge in [-0.05, 0) is 36.6 Å². The first kappa shape index (κ1) is 24.1. The van der Waals surface area contributed by atoms with Crippen molar-refractivity contribution in [2.75, 3.05) is 11.9 Å². The number of hydrogen-bond donors (Lipinski definition) is 1. The van der Waals surface area contributed by atoms with Gasteiger partial charge in [0.1, 0.15) is 5.69 Å². The zero-order chi connectivity index (χ0) is 24.1. The van der Waals surface area contributed by atoms with Crippen molar-refractivity contribution in [2.24, 2.45) is 0 Å². The highest BCUT2D eigenvalue weighted by Gasteiger charge is 2.09. The van der Waals surface area contributed by atoms with Crippen LogP contribution in [0.15, 0.2) is 85.3 Å².